The summed E-state index contributed by atoms with van der Waals surface area (Å²) in [7, 11) is 0. The molecule has 1 saturated heterocycles. The minimum absolute atomic E-state index is 0.170. The highest BCUT2D eigenvalue weighted by molar-refractivity contribution is 9.10. The number of benzene rings is 1. The Morgan fingerprint density at radius 3 is 3.05 bits per heavy atom. The van der Waals surface area contributed by atoms with Crippen molar-refractivity contribution in [3.8, 4) is 11.8 Å². The van der Waals surface area contributed by atoms with Gasteiger partial charge in [-0.15, -0.1) is 0 Å². The van der Waals surface area contributed by atoms with Gasteiger partial charge in [0.25, 0.3) is 0 Å². The van der Waals surface area contributed by atoms with Crippen molar-refractivity contribution in [2.24, 2.45) is 0 Å². The lowest BCUT2D eigenvalue weighted by molar-refractivity contribution is 0.173. The molecule has 1 aromatic rings. The van der Waals surface area contributed by atoms with E-state index in [0.29, 0.717) is 17.9 Å². The lowest BCUT2D eigenvalue weighted by Gasteiger charge is -2.15. The van der Waals surface area contributed by atoms with Crippen molar-refractivity contribution in [3.63, 3.8) is 0 Å². The predicted molar refractivity (Wildman–Crippen MR) is 76.0 cm³/mol. The molecule has 1 aliphatic rings. The normalized spacial score (nSPS) is 19.3. The summed E-state index contributed by atoms with van der Waals surface area (Å²) in [6.45, 7) is 3.23. The fourth-order valence-corrected chi connectivity index (χ4v) is 2.66. The van der Waals surface area contributed by atoms with Gasteiger partial charge in [0.1, 0.15) is 17.4 Å². The maximum Gasteiger partial charge on any atom is 0.138 e. The molecule has 1 atom stereocenters. The number of ether oxygens (including phenoxy) is 1. The second-order valence-electron chi connectivity index (χ2n) is 4.67. The number of aliphatic hydroxyl groups is 1. The van der Waals surface area contributed by atoms with E-state index in [1.54, 1.807) is 0 Å². The molecule has 1 heterocycles. The molecule has 5 heteroatoms. The molecule has 0 aromatic heterocycles. The predicted octanol–water partition coefficient (Wildman–Crippen LogP) is 2.16. The number of aliphatic hydroxyl groups excluding tert-OH is 1. The Labute approximate surface area is 121 Å². The van der Waals surface area contributed by atoms with Gasteiger partial charge >= 0.3 is 0 Å². The van der Waals surface area contributed by atoms with Gasteiger partial charge in [-0.25, -0.2) is 0 Å². The third kappa shape index (κ3) is 3.93. The van der Waals surface area contributed by atoms with Crippen molar-refractivity contribution >= 4 is 15.9 Å². The van der Waals surface area contributed by atoms with Crippen LogP contribution in [-0.4, -0.2) is 42.4 Å². The number of halogens is 1. The van der Waals surface area contributed by atoms with E-state index in [0.717, 1.165) is 36.9 Å². The van der Waals surface area contributed by atoms with Crippen LogP contribution in [0.5, 0.6) is 5.75 Å². The first kappa shape index (κ1) is 14.3. The molecule has 0 unspecified atom stereocenters. The number of nitriles is 1. The smallest absolute Gasteiger partial charge is 0.138 e. The highest BCUT2D eigenvalue weighted by Gasteiger charge is 2.19. The van der Waals surface area contributed by atoms with Crippen molar-refractivity contribution in [1.82, 2.24) is 4.90 Å². The quantitative estimate of drug-likeness (QED) is 0.843. The van der Waals surface area contributed by atoms with Crippen LogP contribution >= 0.6 is 15.9 Å². The first-order valence-electron chi connectivity index (χ1n) is 6.42. The molecule has 1 aliphatic heterocycles. The molecule has 1 fully saturated rings. The number of nitrogens with zero attached hydrogens (tertiary/aromatic N) is 2. The van der Waals surface area contributed by atoms with Gasteiger partial charge in [-0.3, -0.25) is 0 Å². The lowest BCUT2D eigenvalue weighted by atomic mass is 10.2. The third-order valence-electron chi connectivity index (χ3n) is 3.21. The zero-order valence-electron chi connectivity index (χ0n) is 10.7. The zero-order valence-corrected chi connectivity index (χ0v) is 12.3. The maximum absolute atomic E-state index is 9.42. The maximum atomic E-state index is 9.42. The molecular formula is C14H17BrN2O2. The van der Waals surface area contributed by atoms with Crippen molar-refractivity contribution < 1.29 is 9.84 Å². The second kappa shape index (κ2) is 6.90. The topological polar surface area (TPSA) is 56.5 Å². The van der Waals surface area contributed by atoms with E-state index in [2.05, 4.69) is 26.9 Å². The van der Waals surface area contributed by atoms with Gasteiger partial charge in [0, 0.05) is 24.1 Å². The molecule has 4 nitrogen and oxygen atoms in total. The molecular weight excluding hydrogens is 308 g/mol. The summed E-state index contributed by atoms with van der Waals surface area (Å²) in [5, 5.41) is 18.5. The summed E-state index contributed by atoms with van der Waals surface area (Å²) >= 11 is 3.34. The van der Waals surface area contributed by atoms with Crippen molar-refractivity contribution in [3.05, 3.63) is 28.2 Å². The highest BCUT2D eigenvalue weighted by Crippen LogP contribution is 2.25. The summed E-state index contributed by atoms with van der Waals surface area (Å²) in [5.41, 5.74) is 0.541. The molecule has 0 amide bonds. The zero-order chi connectivity index (χ0) is 13.7. The average Bonchev–Trinajstić information content (AvgIpc) is 2.81. The van der Waals surface area contributed by atoms with Crippen LogP contribution in [0.15, 0.2) is 22.7 Å². The Kier molecular flexibility index (Phi) is 5.20. The van der Waals surface area contributed by atoms with Gasteiger partial charge in [0.15, 0.2) is 0 Å². The van der Waals surface area contributed by atoms with Gasteiger partial charge in [0.2, 0.25) is 0 Å². The van der Waals surface area contributed by atoms with Crippen LogP contribution in [0, 0.1) is 11.3 Å². The molecule has 0 spiro atoms. The number of hydrogen-bond acceptors (Lipinski definition) is 4. The molecule has 19 heavy (non-hydrogen) atoms. The second-order valence-corrected chi connectivity index (χ2v) is 5.52. The van der Waals surface area contributed by atoms with Gasteiger partial charge in [-0.2, -0.15) is 5.26 Å². The van der Waals surface area contributed by atoms with Crippen LogP contribution in [-0.2, 0) is 0 Å². The Hall–Kier alpha value is -1.09. The summed E-state index contributed by atoms with van der Waals surface area (Å²) in [6.07, 6.45) is 1.59. The minimum Gasteiger partial charge on any atom is -0.492 e. The molecule has 1 N–H and O–H groups in total. The summed E-state index contributed by atoms with van der Waals surface area (Å²) in [5.74, 6) is 0.623. The Morgan fingerprint density at radius 2 is 2.37 bits per heavy atom. The van der Waals surface area contributed by atoms with Crippen LogP contribution in [0.4, 0.5) is 0 Å². The number of β-amino-alcohol motifs (C(OH)–C–C–N with tert-alkyl or cyclic N) is 1. The van der Waals surface area contributed by atoms with E-state index in [1.807, 2.05) is 18.2 Å². The van der Waals surface area contributed by atoms with Crippen molar-refractivity contribution in [1.29, 1.82) is 5.26 Å². The Balaban J connectivity index is 1.77. The minimum atomic E-state index is -0.170. The molecule has 0 saturated carbocycles. The van der Waals surface area contributed by atoms with Gasteiger partial charge in [-0.05, 0) is 40.9 Å². The van der Waals surface area contributed by atoms with Gasteiger partial charge in [0.05, 0.1) is 12.7 Å². The van der Waals surface area contributed by atoms with Crippen LogP contribution in [0.3, 0.4) is 0 Å². The van der Waals surface area contributed by atoms with Crippen LogP contribution in [0.25, 0.3) is 0 Å². The van der Waals surface area contributed by atoms with Crippen molar-refractivity contribution in [2.45, 2.75) is 18.9 Å². The van der Waals surface area contributed by atoms with E-state index in [4.69, 9.17) is 10.00 Å². The Morgan fingerprint density at radius 1 is 1.53 bits per heavy atom. The summed E-state index contributed by atoms with van der Waals surface area (Å²) in [4.78, 5) is 2.24. The van der Waals surface area contributed by atoms with Gasteiger partial charge in [-0.1, -0.05) is 6.07 Å². The first-order chi connectivity index (χ1) is 9.20. The fraction of sp³-hybridized carbons (Fsp3) is 0.500. The summed E-state index contributed by atoms with van der Waals surface area (Å²) < 4.78 is 6.41. The number of hydrogen-bond donors (Lipinski definition) is 1. The first-order valence-corrected chi connectivity index (χ1v) is 7.22. The molecule has 0 aliphatic carbocycles. The monoisotopic (exact) mass is 324 g/mol. The van der Waals surface area contributed by atoms with Crippen LogP contribution in [0.2, 0.25) is 0 Å². The average molecular weight is 325 g/mol. The van der Waals surface area contributed by atoms with Crippen LogP contribution in [0.1, 0.15) is 18.4 Å². The fourth-order valence-electron chi connectivity index (χ4n) is 2.22. The summed E-state index contributed by atoms with van der Waals surface area (Å²) in [6, 6.07) is 7.63. The van der Waals surface area contributed by atoms with Gasteiger partial charge < -0.3 is 14.7 Å². The van der Waals surface area contributed by atoms with E-state index in [9.17, 15) is 5.11 Å². The Bertz CT molecular complexity index is 473. The lowest BCUT2D eigenvalue weighted by Crippen LogP contribution is -2.24. The largest absolute Gasteiger partial charge is 0.492 e. The standard InChI is InChI=1S/C14H17BrN2O2/c15-13-3-1-4-14(12(13)9-16)19-8-2-6-17-7-5-11(18)10-17/h1,3-4,11,18H,2,5-8,10H2/t11-/m1/s1. The number of rotatable bonds is 5. The molecule has 0 bridgehead atoms. The molecule has 102 valence electrons. The molecule has 0 radical (unpaired) electrons. The van der Waals surface area contributed by atoms with Crippen molar-refractivity contribution in [2.75, 3.05) is 26.2 Å². The van der Waals surface area contributed by atoms with E-state index < -0.39 is 0 Å². The molecule has 2 rings (SSSR count). The van der Waals surface area contributed by atoms with Crippen LogP contribution < -0.4 is 4.74 Å². The van der Waals surface area contributed by atoms with E-state index in [1.165, 1.54) is 0 Å². The van der Waals surface area contributed by atoms with E-state index >= 15 is 0 Å². The SMILES string of the molecule is N#Cc1c(Br)cccc1OCCCN1CC[C@@H](O)C1. The number of likely N-dealkylation sites (tertiary alicyclic amines) is 1. The third-order valence-corrected chi connectivity index (χ3v) is 3.87. The molecule has 1 aromatic carbocycles. The highest BCUT2D eigenvalue weighted by atomic mass is 79.9. The van der Waals surface area contributed by atoms with E-state index in [-0.39, 0.29) is 6.10 Å².